The Morgan fingerprint density at radius 2 is 1.05 bits per heavy atom. The molecule has 0 atom stereocenters. The van der Waals surface area contributed by atoms with Gasteiger partial charge in [0, 0.05) is 0 Å². The maximum Gasteiger partial charge on any atom is -0.00187 e. The molecule has 0 radical (unpaired) electrons. The molecule has 0 aromatic carbocycles. The summed E-state index contributed by atoms with van der Waals surface area (Å²) in [5, 5.41) is 0. The van der Waals surface area contributed by atoms with E-state index in [0.29, 0.717) is 0 Å². The van der Waals surface area contributed by atoms with Crippen LogP contribution in [0.1, 0.15) is 98.3 Å². The second kappa shape index (κ2) is 15.4. The van der Waals surface area contributed by atoms with Crippen molar-refractivity contribution < 1.29 is 0 Å². The molecule has 0 bridgehead atoms. The average Bonchev–Trinajstić information content (AvgIpc) is 2.42. The van der Waals surface area contributed by atoms with E-state index in [9.17, 15) is 0 Å². The van der Waals surface area contributed by atoms with Crippen LogP contribution in [0, 0.1) is 5.92 Å². The Kier molecular flexibility index (Phi) is 15.3. The number of hydrogen-bond donors (Lipinski definition) is 0. The third-order valence-corrected chi connectivity index (χ3v) is 4.16. The molecule has 0 rings (SSSR count). The second-order valence-corrected chi connectivity index (χ2v) is 6.85. The van der Waals surface area contributed by atoms with Crippen LogP contribution in [0.25, 0.3) is 0 Å². The molecule has 0 spiro atoms. The van der Waals surface area contributed by atoms with Crippen molar-refractivity contribution in [2.24, 2.45) is 5.92 Å². The highest BCUT2D eigenvalue weighted by Crippen LogP contribution is 2.11. The molecule has 0 aliphatic rings. The van der Waals surface area contributed by atoms with Gasteiger partial charge in [-0.25, -0.2) is 0 Å². The lowest BCUT2D eigenvalue weighted by Crippen LogP contribution is -2.27. The van der Waals surface area contributed by atoms with Crippen LogP contribution in [0.3, 0.4) is 0 Å². The van der Waals surface area contributed by atoms with Gasteiger partial charge in [-0.3, -0.25) is 0 Å². The monoisotopic (exact) mass is 283 g/mol. The Morgan fingerprint density at radius 1 is 0.600 bits per heavy atom. The smallest absolute Gasteiger partial charge is 0.00187 e. The summed E-state index contributed by atoms with van der Waals surface area (Å²) in [6.07, 6.45) is 15.4. The molecular formula is C19H41N. The fourth-order valence-electron chi connectivity index (χ4n) is 2.75. The molecule has 1 nitrogen and oxygen atoms in total. The van der Waals surface area contributed by atoms with Crippen molar-refractivity contribution in [2.75, 3.05) is 19.6 Å². The van der Waals surface area contributed by atoms with Crippen LogP contribution < -0.4 is 0 Å². The SMILES string of the molecule is CCCCCN(CCCCC)CCCCCCC(C)C. The first-order valence-electron chi connectivity index (χ1n) is 9.43. The molecule has 0 saturated carbocycles. The normalized spacial score (nSPS) is 11.7. The van der Waals surface area contributed by atoms with E-state index in [-0.39, 0.29) is 0 Å². The molecule has 0 fully saturated rings. The van der Waals surface area contributed by atoms with Crippen molar-refractivity contribution in [2.45, 2.75) is 98.3 Å². The Labute approximate surface area is 129 Å². The predicted octanol–water partition coefficient (Wildman–Crippen LogP) is 6.28. The standard InChI is InChI=1S/C19H41N/c1-5-7-12-16-20(17-13-8-6-2)18-14-10-9-11-15-19(3)4/h19H,5-18H2,1-4H3. The van der Waals surface area contributed by atoms with Gasteiger partial charge >= 0.3 is 0 Å². The van der Waals surface area contributed by atoms with E-state index in [0.717, 1.165) is 5.92 Å². The largest absolute Gasteiger partial charge is 0.303 e. The van der Waals surface area contributed by atoms with Gasteiger partial charge in [0.15, 0.2) is 0 Å². The average molecular weight is 284 g/mol. The lowest BCUT2D eigenvalue weighted by atomic mass is 10.0. The van der Waals surface area contributed by atoms with Crippen LogP contribution in [0.2, 0.25) is 0 Å². The second-order valence-electron chi connectivity index (χ2n) is 6.85. The molecule has 0 amide bonds. The van der Waals surface area contributed by atoms with Crippen molar-refractivity contribution in [3.63, 3.8) is 0 Å². The lowest BCUT2D eigenvalue weighted by molar-refractivity contribution is 0.255. The summed E-state index contributed by atoms with van der Waals surface area (Å²) in [4.78, 5) is 2.73. The minimum absolute atomic E-state index is 0.884. The first kappa shape index (κ1) is 20.0. The van der Waals surface area contributed by atoms with Gasteiger partial charge in [-0.2, -0.15) is 0 Å². The van der Waals surface area contributed by atoms with Gasteiger partial charge in [-0.05, 0) is 44.8 Å². The highest BCUT2D eigenvalue weighted by atomic mass is 15.1. The van der Waals surface area contributed by atoms with Gasteiger partial charge in [0.1, 0.15) is 0 Å². The van der Waals surface area contributed by atoms with Gasteiger partial charge in [0.2, 0.25) is 0 Å². The molecule has 0 unspecified atom stereocenters. The third kappa shape index (κ3) is 14.4. The Balaban J connectivity index is 3.61. The van der Waals surface area contributed by atoms with Crippen molar-refractivity contribution in [3.05, 3.63) is 0 Å². The van der Waals surface area contributed by atoms with Crippen LogP contribution in [-0.2, 0) is 0 Å². The molecule has 0 aromatic rings. The molecule has 0 heterocycles. The predicted molar refractivity (Wildman–Crippen MR) is 93.4 cm³/mol. The van der Waals surface area contributed by atoms with Crippen LogP contribution in [-0.4, -0.2) is 24.5 Å². The van der Waals surface area contributed by atoms with Gasteiger partial charge in [-0.15, -0.1) is 0 Å². The molecule has 1 heteroatoms. The Hall–Kier alpha value is -0.0400. The highest BCUT2D eigenvalue weighted by Gasteiger charge is 2.04. The quantitative estimate of drug-likeness (QED) is 0.320. The zero-order valence-corrected chi connectivity index (χ0v) is 14.9. The van der Waals surface area contributed by atoms with E-state index in [1.807, 2.05) is 0 Å². The van der Waals surface area contributed by atoms with Crippen molar-refractivity contribution in [1.29, 1.82) is 0 Å². The van der Waals surface area contributed by atoms with Gasteiger partial charge in [0.25, 0.3) is 0 Å². The molecule has 0 aliphatic heterocycles. The summed E-state index contributed by atoms with van der Waals surface area (Å²) in [5.74, 6) is 0.884. The minimum Gasteiger partial charge on any atom is -0.303 e. The molecule has 0 aliphatic carbocycles. The van der Waals surface area contributed by atoms with Crippen LogP contribution in [0.5, 0.6) is 0 Å². The molecular weight excluding hydrogens is 242 g/mol. The maximum absolute atomic E-state index is 2.73. The van der Waals surface area contributed by atoms with E-state index in [2.05, 4.69) is 32.6 Å². The van der Waals surface area contributed by atoms with Crippen LogP contribution in [0.4, 0.5) is 0 Å². The Bertz CT molecular complexity index is 167. The van der Waals surface area contributed by atoms with Crippen LogP contribution in [0.15, 0.2) is 0 Å². The number of unbranched alkanes of at least 4 members (excludes halogenated alkanes) is 7. The van der Waals surface area contributed by atoms with E-state index in [1.165, 1.54) is 90.3 Å². The zero-order valence-electron chi connectivity index (χ0n) is 14.9. The minimum atomic E-state index is 0.884. The maximum atomic E-state index is 2.73. The Morgan fingerprint density at radius 3 is 1.50 bits per heavy atom. The van der Waals surface area contributed by atoms with E-state index >= 15 is 0 Å². The summed E-state index contributed by atoms with van der Waals surface area (Å²) in [6.45, 7) is 13.3. The molecule has 0 saturated heterocycles. The fourth-order valence-corrected chi connectivity index (χ4v) is 2.75. The first-order valence-corrected chi connectivity index (χ1v) is 9.43. The molecule has 0 N–H and O–H groups in total. The number of hydrogen-bond acceptors (Lipinski definition) is 1. The van der Waals surface area contributed by atoms with Gasteiger partial charge < -0.3 is 4.90 Å². The van der Waals surface area contributed by atoms with Crippen LogP contribution >= 0.6 is 0 Å². The topological polar surface area (TPSA) is 3.24 Å². The lowest BCUT2D eigenvalue weighted by Gasteiger charge is -2.22. The summed E-state index contributed by atoms with van der Waals surface area (Å²) in [5.41, 5.74) is 0. The first-order chi connectivity index (χ1) is 9.70. The highest BCUT2D eigenvalue weighted by molar-refractivity contribution is 4.59. The number of rotatable bonds is 15. The summed E-state index contributed by atoms with van der Waals surface area (Å²) in [6, 6.07) is 0. The van der Waals surface area contributed by atoms with Crippen molar-refractivity contribution in [1.82, 2.24) is 4.90 Å². The molecule has 0 aromatic heterocycles. The molecule has 20 heavy (non-hydrogen) atoms. The van der Waals surface area contributed by atoms with E-state index in [4.69, 9.17) is 0 Å². The van der Waals surface area contributed by atoms with E-state index < -0.39 is 0 Å². The van der Waals surface area contributed by atoms with Crippen molar-refractivity contribution in [3.8, 4) is 0 Å². The molecule has 122 valence electrons. The summed E-state index contributed by atoms with van der Waals surface area (Å²) in [7, 11) is 0. The summed E-state index contributed by atoms with van der Waals surface area (Å²) < 4.78 is 0. The van der Waals surface area contributed by atoms with Gasteiger partial charge in [0.05, 0.1) is 0 Å². The summed E-state index contributed by atoms with van der Waals surface area (Å²) >= 11 is 0. The third-order valence-electron chi connectivity index (χ3n) is 4.16. The van der Waals surface area contributed by atoms with E-state index in [1.54, 1.807) is 0 Å². The van der Waals surface area contributed by atoms with Crippen molar-refractivity contribution >= 4 is 0 Å². The zero-order chi connectivity index (χ0) is 15.1. The fraction of sp³-hybridized carbons (Fsp3) is 1.00. The van der Waals surface area contributed by atoms with Gasteiger partial charge in [-0.1, -0.05) is 79.1 Å². The number of nitrogens with zero attached hydrogens (tertiary/aromatic N) is 1.